The third-order valence-electron chi connectivity index (χ3n) is 6.20. The lowest BCUT2D eigenvalue weighted by Gasteiger charge is -2.41. The van der Waals surface area contributed by atoms with Gasteiger partial charge in [-0.05, 0) is 38.8 Å². The number of halogens is 3. The second kappa shape index (κ2) is 7.83. The minimum atomic E-state index is -3.05. The van der Waals surface area contributed by atoms with Gasteiger partial charge in [0, 0.05) is 24.0 Å². The second-order valence-corrected chi connectivity index (χ2v) is 9.07. The van der Waals surface area contributed by atoms with Crippen LogP contribution in [0.25, 0.3) is 5.78 Å². The van der Waals surface area contributed by atoms with E-state index in [1.165, 1.54) is 18.3 Å². The van der Waals surface area contributed by atoms with E-state index in [0.717, 1.165) is 6.20 Å². The summed E-state index contributed by atoms with van der Waals surface area (Å²) in [6.45, 7) is 0.261. The summed E-state index contributed by atoms with van der Waals surface area (Å²) in [7, 11) is 0. The molecule has 3 aromatic rings. The van der Waals surface area contributed by atoms with Gasteiger partial charge < -0.3 is 14.8 Å². The molecular weight excluding hydrogens is 455 g/mol. The number of carbonyl (C=O) groups is 1. The number of pyridine rings is 1. The molecule has 2 saturated heterocycles. The lowest BCUT2D eigenvalue weighted by molar-refractivity contribution is -0.0235. The SMILES string of the molecule is CC(C)Oc1nc2nc(C34COC(CF)(C3)C4)cn2cc1C(=O)Nc1cccn(C(F)F)c1=O. The number of ether oxygens (including phenoxy) is 2. The van der Waals surface area contributed by atoms with Crippen LogP contribution in [0.15, 0.2) is 35.5 Å². The molecule has 3 aliphatic rings. The quantitative estimate of drug-likeness (QED) is 0.562. The Kier molecular flexibility index (Phi) is 5.15. The van der Waals surface area contributed by atoms with E-state index in [2.05, 4.69) is 15.3 Å². The number of imidazole rings is 1. The first-order chi connectivity index (χ1) is 16.2. The molecule has 1 saturated carbocycles. The van der Waals surface area contributed by atoms with Crippen molar-refractivity contribution in [3.8, 4) is 5.88 Å². The maximum Gasteiger partial charge on any atom is 0.321 e. The summed E-state index contributed by atoms with van der Waals surface area (Å²) >= 11 is 0. The Morgan fingerprint density at radius 2 is 2.06 bits per heavy atom. The topological polar surface area (TPSA) is 99.8 Å². The van der Waals surface area contributed by atoms with Gasteiger partial charge in [0.15, 0.2) is 0 Å². The zero-order chi connectivity index (χ0) is 24.3. The summed E-state index contributed by atoms with van der Waals surface area (Å²) in [6, 6.07) is 2.47. The molecule has 5 heterocycles. The number of anilines is 1. The average molecular weight is 477 g/mol. The zero-order valence-corrected chi connectivity index (χ0v) is 18.4. The largest absolute Gasteiger partial charge is 0.474 e. The van der Waals surface area contributed by atoms with Crippen LogP contribution in [0.2, 0.25) is 0 Å². The van der Waals surface area contributed by atoms with Gasteiger partial charge in [-0.3, -0.25) is 18.6 Å². The van der Waals surface area contributed by atoms with Crippen molar-refractivity contribution in [2.75, 3.05) is 18.6 Å². The maximum absolute atomic E-state index is 13.3. The fourth-order valence-corrected chi connectivity index (χ4v) is 4.64. The highest BCUT2D eigenvalue weighted by molar-refractivity contribution is 6.05. The lowest BCUT2D eigenvalue weighted by atomic mass is 9.61. The fourth-order valence-electron chi connectivity index (χ4n) is 4.64. The van der Waals surface area contributed by atoms with Gasteiger partial charge in [-0.1, -0.05) is 0 Å². The predicted octanol–water partition coefficient (Wildman–Crippen LogP) is 3.10. The van der Waals surface area contributed by atoms with Gasteiger partial charge >= 0.3 is 6.55 Å². The van der Waals surface area contributed by atoms with Crippen LogP contribution in [-0.2, 0) is 10.2 Å². The Bertz CT molecular complexity index is 1330. The van der Waals surface area contributed by atoms with Crippen LogP contribution in [0.1, 0.15) is 49.3 Å². The van der Waals surface area contributed by atoms with Crippen LogP contribution in [-0.4, -0.2) is 49.8 Å². The third-order valence-corrected chi connectivity index (χ3v) is 6.20. The number of nitrogens with one attached hydrogen (secondary N) is 1. The Labute approximate surface area is 191 Å². The monoisotopic (exact) mass is 477 g/mol. The van der Waals surface area contributed by atoms with Crippen molar-refractivity contribution >= 4 is 17.4 Å². The van der Waals surface area contributed by atoms with E-state index in [1.807, 2.05) is 0 Å². The molecule has 180 valence electrons. The third kappa shape index (κ3) is 3.52. The number of alkyl halides is 3. The first-order valence-electron chi connectivity index (χ1n) is 10.7. The summed E-state index contributed by atoms with van der Waals surface area (Å²) in [5.74, 6) is -0.498. The van der Waals surface area contributed by atoms with E-state index in [-0.39, 0.29) is 33.6 Å². The first-order valence-corrected chi connectivity index (χ1v) is 10.7. The van der Waals surface area contributed by atoms with Crippen molar-refractivity contribution in [1.82, 2.24) is 18.9 Å². The molecule has 0 unspecified atom stereocenters. The molecule has 0 atom stereocenters. The number of aromatic nitrogens is 4. The predicted molar refractivity (Wildman–Crippen MR) is 114 cm³/mol. The fraction of sp³-hybridized carbons (Fsp3) is 0.455. The van der Waals surface area contributed by atoms with E-state index in [9.17, 15) is 22.8 Å². The van der Waals surface area contributed by atoms with E-state index in [4.69, 9.17) is 9.47 Å². The van der Waals surface area contributed by atoms with Crippen LogP contribution in [0.3, 0.4) is 0 Å². The van der Waals surface area contributed by atoms with Crippen LogP contribution < -0.4 is 15.6 Å². The molecule has 1 N–H and O–H groups in total. The van der Waals surface area contributed by atoms with E-state index in [1.54, 1.807) is 24.4 Å². The number of rotatable bonds is 7. The molecule has 2 aliphatic heterocycles. The number of hydrogen-bond acceptors (Lipinski definition) is 6. The normalized spacial score (nSPS) is 23.5. The highest BCUT2D eigenvalue weighted by Gasteiger charge is 2.64. The van der Waals surface area contributed by atoms with Crippen LogP contribution >= 0.6 is 0 Å². The average Bonchev–Trinajstić information content (AvgIpc) is 3.45. The molecule has 3 aromatic heterocycles. The van der Waals surface area contributed by atoms with E-state index in [0.29, 0.717) is 25.1 Å². The summed E-state index contributed by atoms with van der Waals surface area (Å²) in [6.07, 6.45) is 4.80. The molecular formula is C22H22F3N5O4. The van der Waals surface area contributed by atoms with Crippen molar-refractivity contribution in [1.29, 1.82) is 0 Å². The molecule has 2 bridgehead atoms. The van der Waals surface area contributed by atoms with Gasteiger partial charge in [0.2, 0.25) is 11.7 Å². The molecule has 0 aromatic carbocycles. The smallest absolute Gasteiger partial charge is 0.321 e. The van der Waals surface area contributed by atoms with Gasteiger partial charge in [-0.15, -0.1) is 0 Å². The van der Waals surface area contributed by atoms with E-state index < -0.39 is 35.7 Å². The molecule has 1 aliphatic carbocycles. The summed E-state index contributed by atoms with van der Waals surface area (Å²) in [4.78, 5) is 34.3. The first kappa shape index (κ1) is 22.4. The Balaban J connectivity index is 1.50. The lowest BCUT2D eigenvalue weighted by Crippen LogP contribution is -2.48. The van der Waals surface area contributed by atoms with Crippen molar-refractivity contribution in [3.05, 3.63) is 52.3 Å². The standard InChI is InChI=1S/C22H22F3N5O4/c1-12(2)34-17-13(16(31)26-14-4-3-5-30(18(14)32)19(24)25)6-29-7-15(27-20(29)28-17)21-8-22(9-21,10-23)33-11-21/h3-7,12,19H,8-11H2,1-2H3,(H,26,31). The number of fused-ring (bicyclic) bond motifs is 2. The Morgan fingerprint density at radius 3 is 2.71 bits per heavy atom. The molecule has 3 fully saturated rings. The maximum atomic E-state index is 13.3. The summed E-state index contributed by atoms with van der Waals surface area (Å²) in [5, 5.41) is 2.37. The minimum absolute atomic E-state index is 0.0103. The van der Waals surface area contributed by atoms with Crippen molar-refractivity contribution in [2.45, 2.75) is 50.4 Å². The van der Waals surface area contributed by atoms with Gasteiger partial charge in [-0.25, -0.2) is 9.37 Å². The molecule has 9 nitrogen and oxygen atoms in total. The van der Waals surface area contributed by atoms with Crippen molar-refractivity contribution in [2.24, 2.45) is 0 Å². The molecule has 34 heavy (non-hydrogen) atoms. The summed E-state index contributed by atoms with van der Waals surface area (Å²) < 4.78 is 52.5. The van der Waals surface area contributed by atoms with Crippen molar-refractivity contribution in [3.63, 3.8) is 0 Å². The second-order valence-electron chi connectivity index (χ2n) is 9.07. The van der Waals surface area contributed by atoms with Crippen LogP contribution in [0.5, 0.6) is 5.88 Å². The van der Waals surface area contributed by atoms with Crippen LogP contribution in [0.4, 0.5) is 18.9 Å². The minimum Gasteiger partial charge on any atom is -0.474 e. The van der Waals surface area contributed by atoms with Gasteiger partial charge in [0.25, 0.3) is 11.5 Å². The summed E-state index contributed by atoms with van der Waals surface area (Å²) in [5.41, 5.74) is -1.82. The van der Waals surface area contributed by atoms with Crippen molar-refractivity contribution < 1.29 is 27.4 Å². The highest BCUT2D eigenvalue weighted by Crippen LogP contribution is 2.58. The van der Waals surface area contributed by atoms with E-state index >= 15 is 0 Å². The molecule has 0 radical (unpaired) electrons. The number of amides is 1. The Morgan fingerprint density at radius 1 is 1.29 bits per heavy atom. The van der Waals surface area contributed by atoms with Gasteiger partial charge in [-0.2, -0.15) is 13.8 Å². The van der Waals surface area contributed by atoms with Crippen LogP contribution in [0, 0.1) is 0 Å². The molecule has 12 heteroatoms. The number of nitrogens with zero attached hydrogens (tertiary/aromatic N) is 4. The highest BCUT2D eigenvalue weighted by atomic mass is 19.3. The number of carbonyl (C=O) groups excluding carboxylic acids is 1. The van der Waals surface area contributed by atoms with Gasteiger partial charge in [0.05, 0.1) is 24.0 Å². The number of hydrogen-bond donors (Lipinski definition) is 1. The Hall–Kier alpha value is -3.41. The molecule has 6 rings (SSSR count). The molecule has 0 spiro atoms. The van der Waals surface area contributed by atoms with Gasteiger partial charge in [0.1, 0.15) is 17.9 Å². The zero-order valence-electron chi connectivity index (χ0n) is 18.4. The molecule has 1 amide bonds.